The molecule has 0 bridgehead atoms. The number of aliphatic imine (C=N–C) groups is 1. The van der Waals surface area contributed by atoms with Crippen molar-refractivity contribution >= 4 is 11.9 Å². The molecule has 0 fully saturated rings. The summed E-state index contributed by atoms with van der Waals surface area (Å²) >= 11 is 0. The molecule has 0 aliphatic rings. The van der Waals surface area contributed by atoms with Crippen LogP contribution in [0.1, 0.15) is 16.7 Å². The molecule has 0 saturated carbocycles. The molecule has 0 aliphatic heterocycles. The molecule has 86 valence electrons. The Hall–Kier alpha value is -2.09. The molecule has 0 radical (unpaired) electrons. The summed E-state index contributed by atoms with van der Waals surface area (Å²) in [6.07, 6.45) is 1.75. The Balaban J connectivity index is 2.23. The zero-order chi connectivity index (χ0) is 12.3. The predicted octanol–water partition coefficient (Wildman–Crippen LogP) is 3.76. The monoisotopic (exact) mass is 225 g/mol. The Morgan fingerprint density at radius 3 is 2.24 bits per heavy atom. The molecule has 0 heterocycles. The summed E-state index contributed by atoms with van der Waals surface area (Å²) in [5.74, 6) is 0.216. The van der Waals surface area contributed by atoms with Crippen molar-refractivity contribution < 1.29 is 5.11 Å². The SMILES string of the molecule is Cc1ccc(C=Nc2ccc(C)cc2O)cc1. The average Bonchev–Trinajstić information content (AvgIpc) is 2.30. The number of rotatable bonds is 2. The number of nitrogens with zero attached hydrogens (tertiary/aromatic N) is 1. The van der Waals surface area contributed by atoms with E-state index in [0.717, 1.165) is 11.1 Å². The second kappa shape index (κ2) is 4.83. The molecule has 17 heavy (non-hydrogen) atoms. The second-order valence-electron chi connectivity index (χ2n) is 4.16. The minimum Gasteiger partial charge on any atom is -0.506 e. The fourth-order valence-corrected chi connectivity index (χ4v) is 1.54. The van der Waals surface area contributed by atoms with Crippen molar-refractivity contribution in [3.63, 3.8) is 0 Å². The van der Waals surface area contributed by atoms with E-state index in [2.05, 4.69) is 4.99 Å². The minimum atomic E-state index is 0.216. The van der Waals surface area contributed by atoms with E-state index >= 15 is 0 Å². The first kappa shape index (κ1) is 11.4. The van der Waals surface area contributed by atoms with Crippen molar-refractivity contribution in [1.29, 1.82) is 0 Å². The van der Waals surface area contributed by atoms with E-state index in [1.165, 1.54) is 5.56 Å². The molecule has 1 N–H and O–H groups in total. The molecule has 0 aliphatic carbocycles. The van der Waals surface area contributed by atoms with Crippen molar-refractivity contribution in [3.05, 3.63) is 59.2 Å². The molecular formula is C15H15NO. The van der Waals surface area contributed by atoms with E-state index in [0.29, 0.717) is 5.69 Å². The van der Waals surface area contributed by atoms with Crippen LogP contribution >= 0.6 is 0 Å². The van der Waals surface area contributed by atoms with Crippen molar-refractivity contribution in [2.75, 3.05) is 0 Å². The lowest BCUT2D eigenvalue weighted by Gasteiger charge is -2.00. The molecule has 2 nitrogen and oxygen atoms in total. The lowest BCUT2D eigenvalue weighted by Crippen LogP contribution is -1.81. The Bertz CT molecular complexity index is 541. The Kier molecular flexibility index (Phi) is 3.24. The quantitative estimate of drug-likeness (QED) is 0.775. The Morgan fingerprint density at radius 1 is 0.941 bits per heavy atom. The van der Waals surface area contributed by atoms with Crippen LogP contribution in [0.2, 0.25) is 0 Å². The molecule has 2 heteroatoms. The van der Waals surface area contributed by atoms with Gasteiger partial charge in [0.2, 0.25) is 0 Å². The number of aryl methyl sites for hydroxylation is 2. The Labute approximate surface area is 101 Å². The van der Waals surface area contributed by atoms with E-state index in [9.17, 15) is 5.11 Å². The summed E-state index contributed by atoms with van der Waals surface area (Å²) < 4.78 is 0. The van der Waals surface area contributed by atoms with Gasteiger partial charge in [0.1, 0.15) is 11.4 Å². The van der Waals surface area contributed by atoms with Gasteiger partial charge in [0.25, 0.3) is 0 Å². The lowest BCUT2D eigenvalue weighted by atomic mass is 10.2. The first-order valence-corrected chi connectivity index (χ1v) is 5.55. The Morgan fingerprint density at radius 2 is 1.59 bits per heavy atom. The first-order chi connectivity index (χ1) is 8.15. The third-order valence-electron chi connectivity index (χ3n) is 2.56. The number of benzene rings is 2. The van der Waals surface area contributed by atoms with Gasteiger partial charge in [-0.05, 0) is 37.1 Å². The zero-order valence-electron chi connectivity index (χ0n) is 10.0. The highest BCUT2D eigenvalue weighted by molar-refractivity contribution is 5.82. The van der Waals surface area contributed by atoms with E-state index in [4.69, 9.17) is 0 Å². The van der Waals surface area contributed by atoms with Crippen LogP contribution in [0.5, 0.6) is 5.75 Å². The minimum absolute atomic E-state index is 0.216. The topological polar surface area (TPSA) is 32.6 Å². The van der Waals surface area contributed by atoms with Gasteiger partial charge in [0, 0.05) is 6.21 Å². The van der Waals surface area contributed by atoms with Gasteiger partial charge in [-0.3, -0.25) is 4.99 Å². The molecule has 2 rings (SSSR count). The number of aromatic hydroxyl groups is 1. The van der Waals surface area contributed by atoms with Crippen LogP contribution < -0.4 is 0 Å². The highest BCUT2D eigenvalue weighted by Gasteiger charge is 1.97. The first-order valence-electron chi connectivity index (χ1n) is 5.55. The fraction of sp³-hybridized carbons (Fsp3) is 0.133. The smallest absolute Gasteiger partial charge is 0.141 e. The molecule has 0 saturated heterocycles. The normalized spacial score (nSPS) is 10.9. The van der Waals surface area contributed by atoms with Gasteiger partial charge in [-0.25, -0.2) is 0 Å². The maximum absolute atomic E-state index is 9.70. The molecule has 0 spiro atoms. The van der Waals surface area contributed by atoms with E-state index in [-0.39, 0.29) is 5.75 Å². The fourth-order valence-electron chi connectivity index (χ4n) is 1.54. The van der Waals surface area contributed by atoms with Gasteiger partial charge in [-0.2, -0.15) is 0 Å². The number of phenols is 1. The van der Waals surface area contributed by atoms with E-state index in [1.807, 2.05) is 50.2 Å². The predicted molar refractivity (Wildman–Crippen MR) is 71.3 cm³/mol. The van der Waals surface area contributed by atoms with Gasteiger partial charge in [-0.1, -0.05) is 35.9 Å². The summed E-state index contributed by atoms with van der Waals surface area (Å²) in [6, 6.07) is 13.5. The third-order valence-corrected chi connectivity index (χ3v) is 2.56. The maximum Gasteiger partial charge on any atom is 0.141 e. The molecule has 2 aromatic rings. The van der Waals surface area contributed by atoms with Crippen LogP contribution in [-0.4, -0.2) is 11.3 Å². The van der Waals surface area contributed by atoms with Crippen molar-refractivity contribution in [3.8, 4) is 5.75 Å². The van der Waals surface area contributed by atoms with Gasteiger partial charge in [-0.15, -0.1) is 0 Å². The summed E-state index contributed by atoms with van der Waals surface area (Å²) in [5.41, 5.74) is 3.86. The van der Waals surface area contributed by atoms with Crippen molar-refractivity contribution in [2.24, 2.45) is 4.99 Å². The molecule has 0 amide bonds. The van der Waals surface area contributed by atoms with Crippen LogP contribution in [0, 0.1) is 13.8 Å². The third kappa shape index (κ3) is 2.94. The maximum atomic E-state index is 9.70. The number of hydrogen-bond acceptors (Lipinski definition) is 2. The highest BCUT2D eigenvalue weighted by Crippen LogP contribution is 2.26. The van der Waals surface area contributed by atoms with Crippen LogP contribution in [0.4, 0.5) is 5.69 Å². The summed E-state index contributed by atoms with van der Waals surface area (Å²) in [5, 5.41) is 9.70. The summed E-state index contributed by atoms with van der Waals surface area (Å²) in [7, 11) is 0. The zero-order valence-corrected chi connectivity index (χ0v) is 10.0. The molecule has 0 aromatic heterocycles. The largest absolute Gasteiger partial charge is 0.506 e. The summed E-state index contributed by atoms with van der Waals surface area (Å²) in [4.78, 5) is 4.27. The van der Waals surface area contributed by atoms with Crippen LogP contribution in [-0.2, 0) is 0 Å². The van der Waals surface area contributed by atoms with Crippen LogP contribution in [0.25, 0.3) is 0 Å². The van der Waals surface area contributed by atoms with Crippen molar-refractivity contribution in [1.82, 2.24) is 0 Å². The standard InChI is InChI=1S/C15H15NO/c1-11-3-6-13(7-4-11)10-16-14-8-5-12(2)9-15(14)17/h3-10,17H,1-2H3. The highest BCUT2D eigenvalue weighted by atomic mass is 16.3. The van der Waals surface area contributed by atoms with Crippen LogP contribution in [0.3, 0.4) is 0 Å². The molecule has 0 unspecified atom stereocenters. The van der Waals surface area contributed by atoms with Gasteiger partial charge in [0.15, 0.2) is 0 Å². The van der Waals surface area contributed by atoms with E-state index < -0.39 is 0 Å². The van der Waals surface area contributed by atoms with Gasteiger partial charge < -0.3 is 5.11 Å². The number of hydrogen-bond donors (Lipinski definition) is 1. The van der Waals surface area contributed by atoms with Crippen molar-refractivity contribution in [2.45, 2.75) is 13.8 Å². The van der Waals surface area contributed by atoms with E-state index in [1.54, 1.807) is 12.3 Å². The average molecular weight is 225 g/mol. The lowest BCUT2D eigenvalue weighted by molar-refractivity contribution is 0.476. The summed E-state index contributed by atoms with van der Waals surface area (Å²) in [6.45, 7) is 3.99. The molecule has 0 atom stereocenters. The molecular weight excluding hydrogens is 210 g/mol. The second-order valence-corrected chi connectivity index (χ2v) is 4.16. The van der Waals surface area contributed by atoms with Gasteiger partial charge in [0.05, 0.1) is 0 Å². The van der Waals surface area contributed by atoms with Gasteiger partial charge >= 0.3 is 0 Å². The molecule has 2 aromatic carbocycles. The van der Waals surface area contributed by atoms with Crippen LogP contribution in [0.15, 0.2) is 47.5 Å². The number of phenolic OH excluding ortho intramolecular Hbond substituents is 1.